The molecule has 0 saturated heterocycles. The van der Waals surface area contributed by atoms with Crippen LogP contribution in [0.15, 0.2) is 24.5 Å². The third-order valence-electron chi connectivity index (χ3n) is 4.93. The number of benzene rings is 1. The first-order chi connectivity index (χ1) is 14.0. The van der Waals surface area contributed by atoms with Crippen LogP contribution >= 0.6 is 11.6 Å². The van der Waals surface area contributed by atoms with Crippen LogP contribution in [0.3, 0.4) is 0 Å². The van der Waals surface area contributed by atoms with Gasteiger partial charge in [0.05, 0.1) is 22.9 Å². The lowest BCUT2D eigenvalue weighted by Gasteiger charge is -2.26. The van der Waals surface area contributed by atoms with Crippen LogP contribution in [0.5, 0.6) is 5.75 Å². The van der Waals surface area contributed by atoms with E-state index in [1.807, 2.05) is 26.0 Å². The lowest BCUT2D eigenvalue weighted by Crippen LogP contribution is -2.28. The van der Waals surface area contributed by atoms with Crippen molar-refractivity contribution >= 4 is 40.2 Å². The largest absolute Gasteiger partial charge is 0.491 e. The first kappa shape index (κ1) is 19.7. The Morgan fingerprint density at radius 2 is 2.03 bits per heavy atom. The van der Waals surface area contributed by atoms with Gasteiger partial charge in [-0.1, -0.05) is 16.6 Å². The van der Waals surface area contributed by atoms with Crippen LogP contribution in [0, 0.1) is 0 Å². The van der Waals surface area contributed by atoms with Crippen LogP contribution in [0.4, 0.5) is 17.5 Å². The Balaban J connectivity index is 1.56. The minimum absolute atomic E-state index is 0.0780. The third kappa shape index (κ3) is 4.71. The van der Waals surface area contributed by atoms with E-state index in [-0.39, 0.29) is 18.2 Å². The quantitative estimate of drug-likeness (QED) is 0.487. The van der Waals surface area contributed by atoms with E-state index in [2.05, 4.69) is 30.6 Å². The number of aliphatic hydroxyl groups excluding tert-OH is 1. The number of hydrogen-bond acceptors (Lipinski definition) is 6. The molecule has 29 heavy (non-hydrogen) atoms. The maximum absolute atomic E-state index is 9.74. The molecule has 154 valence electrons. The highest BCUT2D eigenvalue weighted by Crippen LogP contribution is 2.30. The predicted molar refractivity (Wildman–Crippen MR) is 113 cm³/mol. The van der Waals surface area contributed by atoms with Crippen molar-refractivity contribution in [1.29, 1.82) is 0 Å². The standard InChI is InChI=1S/C20H25ClN6O2/c1-11(2)29-14-7-8-16(15(21)9-14)25-20-26-18-17(22-10-23-18)19(27-20)24-12-3-5-13(28)6-4-12/h7-13,28H,3-6H2,1-2H3,(H3,22,23,24,25,26,27)/p+1. The average molecular weight is 418 g/mol. The van der Waals surface area contributed by atoms with Gasteiger partial charge in [0.2, 0.25) is 5.52 Å². The number of ether oxygens (including phenoxy) is 1. The summed E-state index contributed by atoms with van der Waals surface area (Å²) in [5, 5.41) is 17.0. The molecular weight excluding hydrogens is 392 g/mol. The number of halogens is 1. The molecule has 4 rings (SSSR count). The highest BCUT2D eigenvalue weighted by Gasteiger charge is 2.23. The molecular formula is C20H26ClN6O2+. The Hall–Kier alpha value is -2.58. The van der Waals surface area contributed by atoms with E-state index in [9.17, 15) is 5.11 Å². The van der Waals surface area contributed by atoms with Crippen LogP contribution in [0.2, 0.25) is 5.02 Å². The first-order valence-electron chi connectivity index (χ1n) is 9.92. The Morgan fingerprint density at radius 1 is 1.24 bits per heavy atom. The second-order valence-electron chi connectivity index (χ2n) is 7.64. The van der Waals surface area contributed by atoms with Gasteiger partial charge in [0.15, 0.2) is 12.1 Å². The summed E-state index contributed by atoms with van der Waals surface area (Å²) in [6, 6.07) is 5.76. The Labute approximate surface area is 174 Å². The zero-order valence-electron chi connectivity index (χ0n) is 16.5. The van der Waals surface area contributed by atoms with Gasteiger partial charge in [-0.25, -0.2) is 4.98 Å². The summed E-state index contributed by atoms with van der Waals surface area (Å²) in [6.45, 7) is 3.94. The van der Waals surface area contributed by atoms with E-state index in [1.165, 1.54) is 0 Å². The van der Waals surface area contributed by atoms with Gasteiger partial charge >= 0.3 is 11.6 Å². The van der Waals surface area contributed by atoms with Gasteiger partial charge < -0.3 is 20.5 Å². The number of imidazole rings is 1. The second-order valence-corrected chi connectivity index (χ2v) is 8.04. The van der Waals surface area contributed by atoms with Gasteiger partial charge in [0.25, 0.3) is 0 Å². The molecule has 2 aromatic heterocycles. The van der Waals surface area contributed by atoms with Gasteiger partial charge in [-0.15, -0.1) is 0 Å². The van der Waals surface area contributed by atoms with Crippen molar-refractivity contribution < 1.29 is 14.8 Å². The van der Waals surface area contributed by atoms with E-state index in [4.69, 9.17) is 16.3 Å². The second kappa shape index (κ2) is 8.42. The highest BCUT2D eigenvalue weighted by molar-refractivity contribution is 6.33. The monoisotopic (exact) mass is 417 g/mol. The van der Waals surface area contributed by atoms with Gasteiger partial charge in [-0.05, 0) is 51.7 Å². The summed E-state index contributed by atoms with van der Waals surface area (Å²) in [5.74, 6) is 1.87. The van der Waals surface area contributed by atoms with Crippen molar-refractivity contribution in [1.82, 2.24) is 15.0 Å². The normalized spacial score (nSPS) is 19.5. The lowest BCUT2D eigenvalue weighted by atomic mass is 9.93. The SMILES string of the molecule is CC(C)Oc1ccc(Nc2nc(NC3CCC(O)CC3)c3[nH]c[nH+]c3n2)c(Cl)c1. The molecule has 0 unspecified atom stereocenters. The van der Waals surface area contributed by atoms with Crippen LogP contribution in [0.25, 0.3) is 11.2 Å². The molecule has 1 aromatic carbocycles. The minimum Gasteiger partial charge on any atom is -0.491 e. The molecule has 1 saturated carbocycles. The van der Waals surface area contributed by atoms with Crippen LogP contribution in [0.1, 0.15) is 39.5 Å². The molecule has 0 bridgehead atoms. The van der Waals surface area contributed by atoms with E-state index in [0.717, 1.165) is 37.0 Å². The number of aliphatic hydroxyl groups is 1. The van der Waals surface area contributed by atoms with Crippen molar-refractivity contribution in [2.75, 3.05) is 10.6 Å². The van der Waals surface area contributed by atoms with Crippen molar-refractivity contribution in [2.24, 2.45) is 0 Å². The Morgan fingerprint density at radius 3 is 2.76 bits per heavy atom. The molecule has 1 fully saturated rings. The molecule has 2 heterocycles. The Kier molecular flexibility index (Phi) is 5.73. The molecule has 5 N–H and O–H groups in total. The van der Waals surface area contributed by atoms with Crippen molar-refractivity contribution in [3.8, 4) is 5.75 Å². The number of fused-ring (bicyclic) bond motifs is 1. The number of aromatic amines is 2. The van der Waals surface area contributed by atoms with E-state index in [0.29, 0.717) is 28.1 Å². The third-order valence-corrected chi connectivity index (χ3v) is 5.24. The predicted octanol–water partition coefficient (Wildman–Crippen LogP) is 3.67. The van der Waals surface area contributed by atoms with Crippen molar-refractivity contribution in [3.63, 3.8) is 0 Å². The smallest absolute Gasteiger partial charge is 0.307 e. The summed E-state index contributed by atoms with van der Waals surface area (Å²) >= 11 is 6.42. The maximum atomic E-state index is 9.74. The lowest BCUT2D eigenvalue weighted by molar-refractivity contribution is -0.347. The van der Waals surface area contributed by atoms with Gasteiger partial charge in [-0.2, -0.15) is 4.98 Å². The fraction of sp³-hybridized carbons (Fsp3) is 0.450. The van der Waals surface area contributed by atoms with E-state index < -0.39 is 0 Å². The summed E-state index contributed by atoms with van der Waals surface area (Å²) in [4.78, 5) is 15.4. The molecule has 0 spiro atoms. The molecule has 0 radical (unpaired) electrons. The van der Waals surface area contributed by atoms with Gasteiger partial charge in [-0.3, -0.25) is 4.98 Å². The molecule has 1 aliphatic carbocycles. The average Bonchev–Trinajstić information content (AvgIpc) is 3.14. The number of H-pyrrole nitrogens is 2. The number of aromatic nitrogens is 4. The van der Waals surface area contributed by atoms with E-state index >= 15 is 0 Å². The summed E-state index contributed by atoms with van der Waals surface area (Å²) in [7, 11) is 0. The molecule has 9 heteroatoms. The molecule has 0 atom stereocenters. The number of rotatable bonds is 6. The summed E-state index contributed by atoms with van der Waals surface area (Å²) < 4.78 is 5.68. The Bertz CT molecular complexity index is 984. The first-order valence-corrected chi connectivity index (χ1v) is 10.3. The number of nitrogens with one attached hydrogen (secondary N) is 4. The zero-order chi connectivity index (χ0) is 20.4. The number of hydrogen-bond donors (Lipinski definition) is 4. The fourth-order valence-corrected chi connectivity index (χ4v) is 3.73. The van der Waals surface area contributed by atoms with Crippen LogP contribution < -0.4 is 20.4 Å². The summed E-state index contributed by atoms with van der Waals surface area (Å²) in [6.07, 6.45) is 5.02. The molecule has 8 nitrogen and oxygen atoms in total. The molecule has 0 aliphatic heterocycles. The molecule has 1 aliphatic rings. The highest BCUT2D eigenvalue weighted by atomic mass is 35.5. The minimum atomic E-state index is -0.195. The topological polar surface area (TPSA) is 109 Å². The number of nitrogens with zero attached hydrogens (tertiary/aromatic N) is 2. The molecule has 3 aromatic rings. The fourth-order valence-electron chi connectivity index (χ4n) is 3.52. The van der Waals surface area contributed by atoms with Crippen molar-refractivity contribution in [3.05, 3.63) is 29.5 Å². The van der Waals surface area contributed by atoms with Gasteiger partial charge in [0, 0.05) is 12.1 Å². The van der Waals surface area contributed by atoms with Gasteiger partial charge in [0.1, 0.15) is 5.75 Å². The van der Waals surface area contributed by atoms with E-state index in [1.54, 1.807) is 12.4 Å². The van der Waals surface area contributed by atoms with Crippen LogP contribution in [-0.4, -0.2) is 38.3 Å². The van der Waals surface area contributed by atoms with Crippen LogP contribution in [-0.2, 0) is 0 Å². The van der Waals surface area contributed by atoms with Crippen molar-refractivity contribution in [2.45, 2.75) is 57.8 Å². The zero-order valence-corrected chi connectivity index (χ0v) is 17.3. The maximum Gasteiger partial charge on any atom is 0.307 e. The molecule has 0 amide bonds. The summed E-state index contributed by atoms with van der Waals surface area (Å²) in [5.41, 5.74) is 2.20. The number of anilines is 3.